The number of aliphatic hydroxyl groups is 1. The highest BCUT2D eigenvalue weighted by Gasteiger charge is 2.29. The number of nitrogens with zero attached hydrogens (tertiary/aromatic N) is 2. The van der Waals surface area contributed by atoms with Crippen LogP contribution >= 0.6 is 0 Å². The van der Waals surface area contributed by atoms with E-state index in [1.54, 1.807) is 6.20 Å². The number of nitrogens with one attached hydrogen (secondary N) is 1. The molecular formula is C15H23N3O2. The number of pyridine rings is 1. The molecule has 5 heteroatoms. The minimum atomic E-state index is -0.0789. The number of aliphatic hydroxyl groups excluding tert-OH is 1. The number of carbonyl (C=O) groups is 1. The van der Waals surface area contributed by atoms with Gasteiger partial charge in [-0.25, -0.2) is 4.98 Å². The van der Waals surface area contributed by atoms with Gasteiger partial charge in [-0.2, -0.15) is 0 Å². The summed E-state index contributed by atoms with van der Waals surface area (Å²) in [6, 6.07) is 4.33. The van der Waals surface area contributed by atoms with Crippen molar-refractivity contribution in [2.45, 2.75) is 38.6 Å². The maximum atomic E-state index is 11.7. The molecule has 5 nitrogen and oxygen atoms in total. The molecule has 1 aliphatic carbocycles. The second kappa shape index (κ2) is 7.24. The Morgan fingerprint density at radius 2 is 2.25 bits per heavy atom. The summed E-state index contributed by atoms with van der Waals surface area (Å²) in [6.07, 6.45) is 5.84. The van der Waals surface area contributed by atoms with Gasteiger partial charge in [0.25, 0.3) is 5.91 Å². The molecule has 0 saturated heterocycles. The largest absolute Gasteiger partial charge is 0.396 e. The number of aromatic nitrogens is 1. The standard InChI is InChI=1S/C15H23N3O2/c1-2-16-15(20)12-5-8-14(17-11-12)18(13-6-7-13)9-3-4-10-19/h5,8,11,13,19H,2-4,6-7,9-10H2,1H3,(H,16,20). The molecule has 1 fully saturated rings. The van der Waals surface area contributed by atoms with E-state index >= 15 is 0 Å². The van der Waals surface area contributed by atoms with Gasteiger partial charge in [0.2, 0.25) is 0 Å². The average Bonchev–Trinajstić information content (AvgIpc) is 3.29. The van der Waals surface area contributed by atoms with Gasteiger partial charge in [0.1, 0.15) is 5.82 Å². The predicted molar refractivity (Wildman–Crippen MR) is 78.9 cm³/mol. The fourth-order valence-electron chi connectivity index (χ4n) is 2.22. The number of rotatable bonds is 8. The van der Waals surface area contributed by atoms with Crippen molar-refractivity contribution in [3.63, 3.8) is 0 Å². The van der Waals surface area contributed by atoms with Crippen molar-refractivity contribution in [2.24, 2.45) is 0 Å². The fraction of sp³-hybridized carbons (Fsp3) is 0.600. The number of hydrogen-bond donors (Lipinski definition) is 2. The Kier molecular flexibility index (Phi) is 5.35. The van der Waals surface area contributed by atoms with Gasteiger partial charge in [0.05, 0.1) is 5.56 Å². The summed E-state index contributed by atoms with van der Waals surface area (Å²) in [7, 11) is 0. The van der Waals surface area contributed by atoms with Crippen LogP contribution in [0, 0.1) is 0 Å². The monoisotopic (exact) mass is 277 g/mol. The van der Waals surface area contributed by atoms with E-state index in [1.807, 2.05) is 19.1 Å². The minimum absolute atomic E-state index is 0.0789. The van der Waals surface area contributed by atoms with Gasteiger partial charge in [-0.3, -0.25) is 4.79 Å². The maximum Gasteiger partial charge on any atom is 0.252 e. The lowest BCUT2D eigenvalue weighted by molar-refractivity contribution is 0.0955. The first kappa shape index (κ1) is 14.8. The number of anilines is 1. The Morgan fingerprint density at radius 3 is 2.80 bits per heavy atom. The smallest absolute Gasteiger partial charge is 0.252 e. The van der Waals surface area contributed by atoms with Crippen LogP contribution in [0.15, 0.2) is 18.3 Å². The molecule has 20 heavy (non-hydrogen) atoms. The zero-order valence-electron chi connectivity index (χ0n) is 12.0. The highest BCUT2D eigenvalue weighted by molar-refractivity contribution is 5.94. The average molecular weight is 277 g/mol. The van der Waals surface area contributed by atoms with Crippen molar-refractivity contribution in [1.29, 1.82) is 0 Å². The van der Waals surface area contributed by atoms with Crippen molar-refractivity contribution < 1.29 is 9.90 Å². The lowest BCUT2D eigenvalue weighted by atomic mass is 10.2. The molecule has 0 aliphatic heterocycles. The topological polar surface area (TPSA) is 65.5 Å². The molecule has 0 aromatic carbocycles. The molecule has 0 spiro atoms. The minimum Gasteiger partial charge on any atom is -0.396 e. The molecule has 2 rings (SSSR count). The Labute approximate surface area is 120 Å². The molecule has 0 bridgehead atoms. The molecule has 110 valence electrons. The third-order valence-corrected chi connectivity index (χ3v) is 3.44. The van der Waals surface area contributed by atoms with Crippen LogP contribution in [-0.4, -0.2) is 41.7 Å². The molecule has 1 heterocycles. The Morgan fingerprint density at radius 1 is 1.45 bits per heavy atom. The zero-order chi connectivity index (χ0) is 14.4. The normalized spacial score (nSPS) is 14.1. The van der Waals surface area contributed by atoms with Gasteiger partial charge in [0.15, 0.2) is 0 Å². The third kappa shape index (κ3) is 3.93. The summed E-state index contributed by atoms with van der Waals surface area (Å²) >= 11 is 0. The molecule has 2 N–H and O–H groups in total. The van der Waals surface area contributed by atoms with Crippen molar-refractivity contribution in [1.82, 2.24) is 10.3 Å². The van der Waals surface area contributed by atoms with E-state index in [0.29, 0.717) is 18.2 Å². The van der Waals surface area contributed by atoms with Gasteiger partial charge in [-0.15, -0.1) is 0 Å². The second-order valence-corrected chi connectivity index (χ2v) is 5.12. The first-order valence-corrected chi connectivity index (χ1v) is 7.38. The van der Waals surface area contributed by atoms with Crippen molar-refractivity contribution in [2.75, 3.05) is 24.6 Å². The van der Waals surface area contributed by atoms with E-state index < -0.39 is 0 Å². The molecule has 0 radical (unpaired) electrons. The van der Waals surface area contributed by atoms with E-state index in [1.165, 1.54) is 12.8 Å². The van der Waals surface area contributed by atoms with E-state index in [-0.39, 0.29) is 12.5 Å². The molecule has 1 aromatic heterocycles. The molecule has 0 unspecified atom stereocenters. The molecule has 0 atom stereocenters. The lowest BCUT2D eigenvalue weighted by Crippen LogP contribution is -2.28. The fourth-order valence-corrected chi connectivity index (χ4v) is 2.22. The van der Waals surface area contributed by atoms with Crippen molar-refractivity contribution in [3.8, 4) is 0 Å². The van der Waals surface area contributed by atoms with Crippen LogP contribution in [0.3, 0.4) is 0 Å². The first-order valence-electron chi connectivity index (χ1n) is 7.38. The van der Waals surface area contributed by atoms with Crippen LogP contribution in [0.1, 0.15) is 43.0 Å². The van der Waals surface area contributed by atoms with Crippen LogP contribution in [0.25, 0.3) is 0 Å². The lowest BCUT2D eigenvalue weighted by Gasteiger charge is -2.23. The van der Waals surface area contributed by atoms with Crippen LogP contribution in [-0.2, 0) is 0 Å². The van der Waals surface area contributed by atoms with E-state index in [4.69, 9.17) is 5.11 Å². The van der Waals surface area contributed by atoms with Crippen LogP contribution in [0.4, 0.5) is 5.82 Å². The van der Waals surface area contributed by atoms with Crippen molar-refractivity contribution in [3.05, 3.63) is 23.9 Å². The summed E-state index contributed by atoms with van der Waals surface area (Å²) in [6.45, 7) is 3.67. The van der Waals surface area contributed by atoms with Gasteiger partial charge >= 0.3 is 0 Å². The zero-order valence-corrected chi connectivity index (χ0v) is 12.0. The van der Waals surface area contributed by atoms with Gasteiger partial charge < -0.3 is 15.3 Å². The van der Waals surface area contributed by atoms with E-state index in [9.17, 15) is 4.79 Å². The maximum absolute atomic E-state index is 11.7. The molecule has 1 aliphatic rings. The Bertz CT molecular complexity index is 429. The predicted octanol–water partition coefficient (Wildman–Crippen LogP) is 1.57. The Balaban J connectivity index is 2.00. The van der Waals surface area contributed by atoms with Crippen LogP contribution < -0.4 is 10.2 Å². The molecule has 1 saturated carbocycles. The van der Waals surface area contributed by atoms with Crippen LogP contribution in [0.5, 0.6) is 0 Å². The number of hydrogen-bond acceptors (Lipinski definition) is 4. The third-order valence-electron chi connectivity index (χ3n) is 3.44. The Hall–Kier alpha value is -1.62. The first-order chi connectivity index (χ1) is 9.76. The number of carbonyl (C=O) groups excluding carboxylic acids is 1. The molecule has 1 amide bonds. The summed E-state index contributed by atoms with van der Waals surface area (Å²) in [5, 5.41) is 11.6. The summed E-state index contributed by atoms with van der Waals surface area (Å²) < 4.78 is 0. The second-order valence-electron chi connectivity index (χ2n) is 5.12. The number of unbranched alkanes of at least 4 members (excludes halogenated alkanes) is 1. The van der Waals surface area contributed by atoms with Gasteiger partial charge in [-0.05, 0) is 44.7 Å². The molecule has 1 aromatic rings. The highest BCUT2D eigenvalue weighted by atomic mass is 16.2. The summed E-state index contributed by atoms with van der Waals surface area (Å²) in [4.78, 5) is 18.4. The van der Waals surface area contributed by atoms with E-state index in [2.05, 4.69) is 15.2 Å². The van der Waals surface area contributed by atoms with E-state index in [0.717, 1.165) is 25.2 Å². The van der Waals surface area contributed by atoms with Gasteiger partial charge in [0, 0.05) is 31.9 Å². The van der Waals surface area contributed by atoms with Crippen LogP contribution in [0.2, 0.25) is 0 Å². The highest BCUT2D eigenvalue weighted by Crippen LogP contribution is 2.30. The van der Waals surface area contributed by atoms with Crippen molar-refractivity contribution >= 4 is 11.7 Å². The number of amides is 1. The quantitative estimate of drug-likeness (QED) is 0.708. The summed E-state index contributed by atoms with van der Waals surface area (Å²) in [5.74, 6) is 0.850. The van der Waals surface area contributed by atoms with Gasteiger partial charge in [-0.1, -0.05) is 0 Å². The SMILES string of the molecule is CCNC(=O)c1ccc(N(CCCCO)C2CC2)nc1. The summed E-state index contributed by atoms with van der Waals surface area (Å²) in [5.41, 5.74) is 0.599. The molecular weight excluding hydrogens is 254 g/mol.